The fourth-order valence-electron chi connectivity index (χ4n) is 11.1. The Bertz CT molecular complexity index is 928. The number of carbonyl (C=O) groups is 1. The van der Waals surface area contributed by atoms with Gasteiger partial charge in [-0.1, -0.05) is 27.7 Å². The average Bonchev–Trinajstić information content (AvgIpc) is 3.36. The first-order chi connectivity index (χ1) is 16.5. The highest BCUT2D eigenvalue weighted by Crippen LogP contribution is 2.77. The highest BCUT2D eigenvalue weighted by Gasteiger charge is 2.79. The Hall–Kier alpha value is -0.690. The van der Waals surface area contributed by atoms with E-state index in [-0.39, 0.29) is 46.4 Å². The maximum atomic E-state index is 12.1. The smallest absolute Gasteiger partial charge is 0.302 e. The van der Waals surface area contributed by atoms with Gasteiger partial charge in [-0.2, -0.15) is 0 Å². The highest BCUT2D eigenvalue weighted by atomic mass is 16.8. The third-order valence-electron chi connectivity index (χ3n) is 12.7. The topological polar surface area (TPSA) is 77.5 Å². The zero-order valence-electron chi connectivity index (χ0n) is 22.2. The second kappa shape index (κ2) is 7.03. The summed E-state index contributed by atoms with van der Waals surface area (Å²) in [4.78, 5) is 11.6. The van der Waals surface area contributed by atoms with E-state index in [1.165, 1.54) is 13.3 Å². The molecule has 0 aromatic rings. The number of rotatable bonds is 1. The molecule has 6 heteroatoms. The molecule has 4 saturated carbocycles. The molecule has 0 aromatic heterocycles. The Morgan fingerprint density at radius 1 is 1.03 bits per heavy atom. The first-order valence-electron chi connectivity index (χ1n) is 14.4. The van der Waals surface area contributed by atoms with E-state index in [9.17, 15) is 9.90 Å². The number of ether oxygens (including phenoxy) is 4. The molecule has 3 heterocycles. The van der Waals surface area contributed by atoms with Gasteiger partial charge in [0.2, 0.25) is 0 Å². The summed E-state index contributed by atoms with van der Waals surface area (Å²) < 4.78 is 25.3. The summed E-state index contributed by atoms with van der Waals surface area (Å²) in [5.74, 6) is 0.597. The zero-order chi connectivity index (χ0) is 24.6. The molecule has 0 aromatic carbocycles. The molecule has 7 aliphatic rings. The van der Waals surface area contributed by atoms with Crippen LogP contribution in [0.25, 0.3) is 0 Å². The Balaban J connectivity index is 1.17. The summed E-state index contributed by atoms with van der Waals surface area (Å²) in [5, 5.41) is 12.1. The minimum atomic E-state index is -1.08. The molecule has 7 fully saturated rings. The Labute approximate surface area is 209 Å². The fraction of sp³-hybridized carbons (Fsp3) is 0.966. The predicted molar refractivity (Wildman–Crippen MR) is 128 cm³/mol. The third kappa shape index (κ3) is 2.84. The molecule has 1 N–H and O–H groups in total. The van der Waals surface area contributed by atoms with Gasteiger partial charge in [0.05, 0.1) is 12.7 Å². The van der Waals surface area contributed by atoms with Crippen LogP contribution >= 0.6 is 0 Å². The van der Waals surface area contributed by atoms with Crippen molar-refractivity contribution in [2.24, 2.45) is 46.3 Å². The molecule has 7 rings (SSSR count). The monoisotopic (exact) mass is 488 g/mol. The number of aliphatic hydroxyl groups is 1. The van der Waals surface area contributed by atoms with Crippen molar-refractivity contribution >= 4 is 5.97 Å². The molecular formula is C29H44O6. The van der Waals surface area contributed by atoms with Crippen LogP contribution in [0.4, 0.5) is 0 Å². The van der Waals surface area contributed by atoms with Gasteiger partial charge < -0.3 is 24.1 Å². The van der Waals surface area contributed by atoms with Crippen LogP contribution in [0, 0.1) is 46.3 Å². The molecule has 3 aliphatic heterocycles. The van der Waals surface area contributed by atoms with Crippen molar-refractivity contribution in [2.45, 2.75) is 122 Å². The van der Waals surface area contributed by atoms with Crippen LogP contribution < -0.4 is 0 Å². The Morgan fingerprint density at radius 2 is 1.83 bits per heavy atom. The number of fused-ring (bicyclic) bond motifs is 6. The van der Waals surface area contributed by atoms with E-state index < -0.39 is 11.6 Å². The number of carbonyl (C=O) groups excluding carboxylic acids is 1. The number of hydrogen-bond acceptors (Lipinski definition) is 6. The molecule has 0 radical (unpaired) electrons. The van der Waals surface area contributed by atoms with Gasteiger partial charge in [-0.25, -0.2) is 0 Å². The minimum Gasteiger partial charge on any atom is -0.462 e. The van der Waals surface area contributed by atoms with E-state index in [4.69, 9.17) is 18.9 Å². The third-order valence-corrected chi connectivity index (χ3v) is 12.7. The molecular weight excluding hydrogens is 444 g/mol. The lowest BCUT2D eigenvalue weighted by Crippen LogP contribution is -2.59. The Kier molecular flexibility index (Phi) is 4.71. The van der Waals surface area contributed by atoms with Gasteiger partial charge in [0.15, 0.2) is 11.6 Å². The molecule has 0 bridgehead atoms. The van der Waals surface area contributed by atoms with Crippen LogP contribution in [0.1, 0.15) is 92.4 Å². The van der Waals surface area contributed by atoms with Gasteiger partial charge in [-0.05, 0) is 67.6 Å². The van der Waals surface area contributed by atoms with Crippen molar-refractivity contribution in [2.75, 3.05) is 6.61 Å². The summed E-state index contributed by atoms with van der Waals surface area (Å²) in [5.41, 5.74) is 0.0623. The van der Waals surface area contributed by atoms with Gasteiger partial charge in [-0.3, -0.25) is 4.79 Å². The average molecular weight is 489 g/mol. The molecule has 0 amide bonds. The lowest BCUT2D eigenvalue weighted by Gasteiger charge is -2.59. The zero-order valence-corrected chi connectivity index (χ0v) is 22.2. The van der Waals surface area contributed by atoms with Crippen LogP contribution in [0.3, 0.4) is 0 Å². The normalized spacial score (nSPS) is 62.3. The number of epoxide rings is 1. The highest BCUT2D eigenvalue weighted by molar-refractivity contribution is 5.66. The lowest BCUT2D eigenvalue weighted by molar-refractivity contribution is -0.331. The molecule has 3 saturated heterocycles. The quantitative estimate of drug-likeness (QED) is 0.421. The van der Waals surface area contributed by atoms with Crippen molar-refractivity contribution in [3.8, 4) is 0 Å². The molecule has 6 nitrogen and oxygen atoms in total. The molecule has 35 heavy (non-hydrogen) atoms. The van der Waals surface area contributed by atoms with E-state index in [1.807, 2.05) is 0 Å². The van der Waals surface area contributed by atoms with Gasteiger partial charge in [0.25, 0.3) is 0 Å². The second-order valence-corrected chi connectivity index (χ2v) is 14.2. The first kappa shape index (κ1) is 23.4. The summed E-state index contributed by atoms with van der Waals surface area (Å²) in [7, 11) is 0. The largest absolute Gasteiger partial charge is 0.462 e. The molecule has 13 atom stereocenters. The van der Waals surface area contributed by atoms with Crippen LogP contribution in [0.15, 0.2) is 0 Å². The van der Waals surface area contributed by atoms with E-state index in [0.717, 1.165) is 58.0 Å². The predicted octanol–water partition coefficient (Wildman–Crippen LogP) is 4.82. The first-order valence-corrected chi connectivity index (χ1v) is 14.4. The summed E-state index contributed by atoms with van der Waals surface area (Å²) >= 11 is 0. The van der Waals surface area contributed by atoms with E-state index in [0.29, 0.717) is 23.7 Å². The summed E-state index contributed by atoms with van der Waals surface area (Å²) in [6, 6.07) is 0. The summed E-state index contributed by atoms with van der Waals surface area (Å²) in [6.07, 6.45) is 9.21. The van der Waals surface area contributed by atoms with Crippen molar-refractivity contribution in [1.82, 2.24) is 0 Å². The number of esters is 1. The molecule has 4 aliphatic carbocycles. The van der Waals surface area contributed by atoms with Crippen LogP contribution in [0.5, 0.6) is 0 Å². The SMILES string of the molecule is CC(=O)O[C@H]1CC[C@]2(C)[C@H]3CC[C@]4(C)[C@H]5[C@H](C)[C@@]6(CC[C@@H](C)CO6)O[C@@]5(O)C[C@H]4[C@@H]3CC3OC32C1. The standard InChI is InChI=1S/C29H44O6/c1-16-6-11-29(32-15-16)17(2)24-25(4)9-8-21-20(22(25)14-28(24,31)35-29)12-23-27(34-23)13-19(33-18(3)30)7-10-26(21,27)5/h16-17,19-24,31H,6-15H2,1-5H3/t16-,17+,19+,20-,21+,22+,23?,24-,25+,26-,27?,28+,29-/m1/s1. The molecule has 2 unspecified atom stereocenters. The van der Waals surface area contributed by atoms with Crippen molar-refractivity contribution in [1.29, 1.82) is 0 Å². The van der Waals surface area contributed by atoms with E-state index in [1.54, 1.807) is 0 Å². The Morgan fingerprint density at radius 3 is 2.54 bits per heavy atom. The fourth-order valence-corrected chi connectivity index (χ4v) is 11.1. The van der Waals surface area contributed by atoms with Crippen molar-refractivity contribution in [3.05, 3.63) is 0 Å². The lowest BCUT2D eigenvalue weighted by atomic mass is 9.44. The van der Waals surface area contributed by atoms with Gasteiger partial charge in [-0.15, -0.1) is 0 Å². The van der Waals surface area contributed by atoms with Crippen LogP contribution in [-0.2, 0) is 23.7 Å². The maximum Gasteiger partial charge on any atom is 0.302 e. The maximum absolute atomic E-state index is 12.1. The van der Waals surface area contributed by atoms with Crippen molar-refractivity contribution < 1.29 is 28.8 Å². The van der Waals surface area contributed by atoms with Gasteiger partial charge >= 0.3 is 5.97 Å². The summed E-state index contributed by atoms with van der Waals surface area (Å²) in [6.45, 7) is 11.7. The second-order valence-electron chi connectivity index (χ2n) is 14.2. The van der Waals surface area contributed by atoms with E-state index >= 15 is 0 Å². The van der Waals surface area contributed by atoms with Crippen LogP contribution in [0.2, 0.25) is 0 Å². The van der Waals surface area contributed by atoms with Gasteiger partial charge in [0, 0.05) is 43.4 Å². The molecule has 2 spiro atoms. The molecule has 196 valence electrons. The van der Waals surface area contributed by atoms with E-state index in [2.05, 4.69) is 27.7 Å². The number of hydrogen-bond donors (Lipinski definition) is 1. The van der Waals surface area contributed by atoms with Crippen LogP contribution in [-0.4, -0.2) is 47.1 Å². The van der Waals surface area contributed by atoms with Gasteiger partial charge in [0.1, 0.15) is 11.7 Å². The van der Waals surface area contributed by atoms with Crippen molar-refractivity contribution in [3.63, 3.8) is 0 Å². The minimum absolute atomic E-state index is 0.00817.